The van der Waals surface area contributed by atoms with Gasteiger partial charge in [0, 0.05) is 31.4 Å². The first-order valence-corrected chi connectivity index (χ1v) is 6.90. The van der Waals surface area contributed by atoms with E-state index in [1.165, 1.54) is 0 Å². The van der Waals surface area contributed by atoms with Crippen molar-refractivity contribution in [2.45, 2.75) is 6.04 Å². The Morgan fingerprint density at radius 1 is 1.10 bits per heavy atom. The van der Waals surface area contributed by atoms with Gasteiger partial charge in [0.15, 0.2) is 0 Å². The lowest BCUT2D eigenvalue weighted by atomic mass is 10.1. The number of hydrogen-bond acceptors (Lipinski definition) is 4. The molecular formula is C17H22N2O2. The van der Waals surface area contributed by atoms with E-state index in [-0.39, 0.29) is 6.04 Å². The minimum Gasteiger partial charge on any atom is -0.496 e. The number of rotatable bonds is 6. The lowest BCUT2D eigenvalue weighted by Crippen LogP contribution is -2.19. The molecule has 2 aromatic carbocycles. The molecule has 2 aromatic rings. The molecule has 4 nitrogen and oxygen atoms in total. The van der Waals surface area contributed by atoms with Crippen LogP contribution in [-0.2, 0) is 0 Å². The van der Waals surface area contributed by atoms with Crippen LogP contribution in [0.1, 0.15) is 11.6 Å². The lowest BCUT2D eigenvalue weighted by Gasteiger charge is -2.18. The normalized spacial score (nSPS) is 11.8. The second-order valence-corrected chi connectivity index (χ2v) is 5.05. The molecule has 1 unspecified atom stereocenters. The topological polar surface area (TPSA) is 47.7 Å². The molecule has 4 heteroatoms. The van der Waals surface area contributed by atoms with Gasteiger partial charge in [0.05, 0.1) is 13.2 Å². The average Bonchev–Trinajstić information content (AvgIpc) is 2.52. The van der Waals surface area contributed by atoms with Gasteiger partial charge in [-0.15, -0.1) is 0 Å². The Morgan fingerprint density at radius 2 is 1.86 bits per heavy atom. The molecular weight excluding hydrogens is 264 g/mol. The van der Waals surface area contributed by atoms with Crippen molar-refractivity contribution < 1.29 is 9.47 Å². The summed E-state index contributed by atoms with van der Waals surface area (Å²) >= 11 is 0. The third kappa shape index (κ3) is 3.89. The number of ether oxygens (including phenoxy) is 2. The SMILES string of the molecule is COc1ccccc1C(N)COc1cccc(N(C)C)c1. The first-order valence-electron chi connectivity index (χ1n) is 6.90. The summed E-state index contributed by atoms with van der Waals surface area (Å²) in [5.74, 6) is 1.60. The molecule has 0 radical (unpaired) electrons. The van der Waals surface area contributed by atoms with Crippen molar-refractivity contribution in [3.8, 4) is 11.5 Å². The van der Waals surface area contributed by atoms with Gasteiger partial charge in [0.25, 0.3) is 0 Å². The number of methoxy groups -OCH3 is 1. The van der Waals surface area contributed by atoms with E-state index in [0.717, 1.165) is 22.7 Å². The van der Waals surface area contributed by atoms with Gasteiger partial charge in [0.1, 0.15) is 18.1 Å². The van der Waals surface area contributed by atoms with Crippen molar-refractivity contribution in [1.29, 1.82) is 0 Å². The molecule has 0 saturated carbocycles. The highest BCUT2D eigenvalue weighted by atomic mass is 16.5. The quantitative estimate of drug-likeness (QED) is 0.887. The van der Waals surface area contributed by atoms with Gasteiger partial charge in [-0.2, -0.15) is 0 Å². The van der Waals surface area contributed by atoms with Gasteiger partial charge < -0.3 is 20.1 Å². The molecule has 21 heavy (non-hydrogen) atoms. The van der Waals surface area contributed by atoms with E-state index in [2.05, 4.69) is 0 Å². The van der Waals surface area contributed by atoms with Gasteiger partial charge in [-0.3, -0.25) is 0 Å². The minimum atomic E-state index is -0.232. The fourth-order valence-corrected chi connectivity index (χ4v) is 2.10. The molecule has 0 aromatic heterocycles. The van der Waals surface area contributed by atoms with E-state index in [1.807, 2.05) is 67.5 Å². The van der Waals surface area contributed by atoms with Gasteiger partial charge in [-0.1, -0.05) is 24.3 Å². The maximum atomic E-state index is 6.20. The molecule has 0 fully saturated rings. The zero-order valence-corrected chi connectivity index (χ0v) is 12.7. The number of nitrogens with zero attached hydrogens (tertiary/aromatic N) is 1. The first kappa shape index (κ1) is 15.2. The Hall–Kier alpha value is -2.20. The molecule has 0 spiro atoms. The molecule has 0 aliphatic carbocycles. The molecule has 2 rings (SSSR count). The van der Waals surface area contributed by atoms with E-state index >= 15 is 0 Å². The van der Waals surface area contributed by atoms with Crippen LogP contribution < -0.4 is 20.1 Å². The molecule has 0 aliphatic rings. The molecule has 0 amide bonds. The van der Waals surface area contributed by atoms with Crippen LogP contribution in [0, 0.1) is 0 Å². The van der Waals surface area contributed by atoms with E-state index in [4.69, 9.17) is 15.2 Å². The second-order valence-electron chi connectivity index (χ2n) is 5.05. The van der Waals surface area contributed by atoms with Crippen molar-refractivity contribution in [1.82, 2.24) is 0 Å². The van der Waals surface area contributed by atoms with Crippen molar-refractivity contribution >= 4 is 5.69 Å². The highest BCUT2D eigenvalue weighted by molar-refractivity contribution is 5.49. The van der Waals surface area contributed by atoms with E-state index < -0.39 is 0 Å². The van der Waals surface area contributed by atoms with Crippen LogP contribution in [-0.4, -0.2) is 27.8 Å². The number of para-hydroxylation sites is 1. The van der Waals surface area contributed by atoms with Crippen molar-refractivity contribution in [2.24, 2.45) is 5.73 Å². The largest absolute Gasteiger partial charge is 0.496 e. The smallest absolute Gasteiger partial charge is 0.123 e. The van der Waals surface area contributed by atoms with Crippen LogP contribution in [0.25, 0.3) is 0 Å². The summed E-state index contributed by atoms with van der Waals surface area (Å²) in [6, 6.07) is 15.4. The molecule has 2 N–H and O–H groups in total. The summed E-state index contributed by atoms with van der Waals surface area (Å²) in [4.78, 5) is 2.03. The lowest BCUT2D eigenvalue weighted by molar-refractivity contribution is 0.286. The Morgan fingerprint density at radius 3 is 2.57 bits per heavy atom. The van der Waals surface area contributed by atoms with Crippen molar-refractivity contribution in [3.63, 3.8) is 0 Å². The predicted molar refractivity (Wildman–Crippen MR) is 86.2 cm³/mol. The summed E-state index contributed by atoms with van der Waals surface area (Å²) in [7, 11) is 5.65. The highest BCUT2D eigenvalue weighted by Crippen LogP contribution is 2.25. The Bertz CT molecular complexity index is 585. The minimum absolute atomic E-state index is 0.232. The van der Waals surface area contributed by atoms with Crippen LogP contribution in [0.2, 0.25) is 0 Å². The molecule has 1 atom stereocenters. The number of nitrogens with two attached hydrogens (primary N) is 1. The second kappa shape index (κ2) is 6.99. The third-order valence-corrected chi connectivity index (χ3v) is 3.30. The van der Waals surface area contributed by atoms with Crippen LogP contribution >= 0.6 is 0 Å². The van der Waals surface area contributed by atoms with Crippen LogP contribution in [0.15, 0.2) is 48.5 Å². The maximum Gasteiger partial charge on any atom is 0.123 e. The van der Waals surface area contributed by atoms with Crippen LogP contribution in [0.5, 0.6) is 11.5 Å². The molecule has 0 bridgehead atoms. The standard InChI is InChI=1S/C17H22N2O2/c1-19(2)13-7-6-8-14(11-13)21-12-16(18)15-9-4-5-10-17(15)20-3/h4-11,16H,12,18H2,1-3H3. The zero-order valence-electron chi connectivity index (χ0n) is 12.7. The monoisotopic (exact) mass is 286 g/mol. The van der Waals surface area contributed by atoms with Gasteiger partial charge in [-0.05, 0) is 18.2 Å². The maximum absolute atomic E-state index is 6.20. The Labute approximate surface area is 126 Å². The third-order valence-electron chi connectivity index (χ3n) is 3.30. The summed E-state index contributed by atoms with van der Waals surface area (Å²) in [5.41, 5.74) is 8.25. The van der Waals surface area contributed by atoms with Gasteiger partial charge in [0.2, 0.25) is 0 Å². The summed E-state index contributed by atoms with van der Waals surface area (Å²) in [5, 5.41) is 0. The van der Waals surface area contributed by atoms with E-state index in [9.17, 15) is 0 Å². The summed E-state index contributed by atoms with van der Waals surface area (Å²) in [6.45, 7) is 0.400. The summed E-state index contributed by atoms with van der Waals surface area (Å²) < 4.78 is 11.1. The van der Waals surface area contributed by atoms with Crippen molar-refractivity contribution in [3.05, 3.63) is 54.1 Å². The van der Waals surface area contributed by atoms with E-state index in [1.54, 1.807) is 7.11 Å². The molecule has 112 valence electrons. The summed E-state index contributed by atoms with van der Waals surface area (Å²) in [6.07, 6.45) is 0. The van der Waals surface area contributed by atoms with Crippen LogP contribution in [0.3, 0.4) is 0 Å². The van der Waals surface area contributed by atoms with E-state index in [0.29, 0.717) is 6.61 Å². The fourth-order valence-electron chi connectivity index (χ4n) is 2.10. The number of hydrogen-bond donors (Lipinski definition) is 1. The predicted octanol–water partition coefficient (Wildman–Crippen LogP) is 2.84. The molecule has 0 aliphatic heterocycles. The van der Waals surface area contributed by atoms with Gasteiger partial charge in [-0.25, -0.2) is 0 Å². The van der Waals surface area contributed by atoms with Crippen LogP contribution in [0.4, 0.5) is 5.69 Å². The highest BCUT2D eigenvalue weighted by Gasteiger charge is 2.12. The number of anilines is 1. The Kier molecular flexibility index (Phi) is 5.06. The van der Waals surface area contributed by atoms with Gasteiger partial charge >= 0.3 is 0 Å². The fraction of sp³-hybridized carbons (Fsp3) is 0.294. The first-order chi connectivity index (χ1) is 10.1. The molecule has 0 heterocycles. The number of benzene rings is 2. The van der Waals surface area contributed by atoms with Crippen molar-refractivity contribution in [2.75, 3.05) is 32.7 Å². The molecule has 0 saturated heterocycles. The zero-order chi connectivity index (χ0) is 15.2. The average molecular weight is 286 g/mol. The Balaban J connectivity index is 2.04.